The fourth-order valence-electron chi connectivity index (χ4n) is 0.512. The van der Waals surface area contributed by atoms with Gasteiger partial charge < -0.3 is 15.3 Å². The Kier molecular flexibility index (Phi) is 3.46. The van der Waals surface area contributed by atoms with Crippen molar-refractivity contribution in [3.63, 3.8) is 0 Å². The monoisotopic (exact) mass is 132 g/mol. The van der Waals surface area contributed by atoms with Crippen LogP contribution in [0, 0.1) is 0 Å². The maximum atomic E-state index is 8.84. The van der Waals surface area contributed by atoms with Gasteiger partial charge in [-0.3, -0.25) is 0 Å². The molecule has 0 aliphatic carbocycles. The zero-order valence-corrected chi connectivity index (χ0v) is 5.25. The molecule has 0 aromatic rings. The minimum Gasteiger partial charge on any atom is -0.396 e. The van der Waals surface area contributed by atoms with Gasteiger partial charge in [0.25, 0.3) is 0 Å². The SMILES string of the molecule is C=CCC(O)(O)CCO. The fourth-order valence-corrected chi connectivity index (χ4v) is 0.512. The molecule has 0 saturated heterocycles. The Morgan fingerprint density at radius 2 is 2.00 bits per heavy atom. The summed E-state index contributed by atoms with van der Waals surface area (Å²) in [5.74, 6) is -1.77. The lowest BCUT2D eigenvalue weighted by Gasteiger charge is -2.17. The molecular weight excluding hydrogens is 120 g/mol. The Balaban J connectivity index is 3.55. The number of hydrogen-bond donors (Lipinski definition) is 3. The van der Waals surface area contributed by atoms with Gasteiger partial charge in [0.2, 0.25) is 0 Å². The molecule has 0 radical (unpaired) electrons. The van der Waals surface area contributed by atoms with Crippen LogP contribution >= 0.6 is 0 Å². The molecule has 0 aliphatic heterocycles. The van der Waals surface area contributed by atoms with E-state index >= 15 is 0 Å². The predicted molar refractivity (Wildman–Crippen MR) is 33.7 cm³/mol. The second-order valence-electron chi connectivity index (χ2n) is 1.95. The maximum Gasteiger partial charge on any atom is 0.168 e. The number of rotatable bonds is 4. The van der Waals surface area contributed by atoms with Crippen molar-refractivity contribution in [2.75, 3.05) is 6.61 Å². The van der Waals surface area contributed by atoms with Gasteiger partial charge in [0.1, 0.15) is 0 Å². The quantitative estimate of drug-likeness (QED) is 0.361. The Hall–Kier alpha value is -0.380. The van der Waals surface area contributed by atoms with E-state index in [-0.39, 0.29) is 19.4 Å². The lowest BCUT2D eigenvalue weighted by molar-refractivity contribution is -0.167. The van der Waals surface area contributed by atoms with Crippen LogP contribution in [-0.2, 0) is 0 Å². The first-order valence-electron chi connectivity index (χ1n) is 2.79. The summed E-state index contributed by atoms with van der Waals surface area (Å²) >= 11 is 0. The van der Waals surface area contributed by atoms with Crippen molar-refractivity contribution < 1.29 is 15.3 Å². The summed E-state index contributed by atoms with van der Waals surface area (Å²) in [6.07, 6.45) is 1.46. The first kappa shape index (κ1) is 8.62. The van der Waals surface area contributed by atoms with Crippen molar-refractivity contribution in [1.29, 1.82) is 0 Å². The lowest BCUT2D eigenvalue weighted by atomic mass is 10.1. The molecule has 0 spiro atoms. The summed E-state index contributed by atoms with van der Waals surface area (Å²) in [5.41, 5.74) is 0. The zero-order valence-electron chi connectivity index (χ0n) is 5.25. The molecule has 0 amide bonds. The molecule has 54 valence electrons. The second kappa shape index (κ2) is 3.61. The van der Waals surface area contributed by atoms with E-state index in [0.29, 0.717) is 0 Å². The summed E-state index contributed by atoms with van der Waals surface area (Å²) in [6.45, 7) is 3.11. The van der Waals surface area contributed by atoms with Crippen molar-refractivity contribution in [3.05, 3.63) is 12.7 Å². The molecular formula is C6H12O3. The van der Waals surface area contributed by atoms with Crippen molar-refractivity contribution in [3.8, 4) is 0 Å². The average molecular weight is 132 g/mol. The van der Waals surface area contributed by atoms with Gasteiger partial charge in [0, 0.05) is 19.4 Å². The van der Waals surface area contributed by atoms with Gasteiger partial charge >= 0.3 is 0 Å². The van der Waals surface area contributed by atoms with Gasteiger partial charge in [-0.05, 0) is 0 Å². The Morgan fingerprint density at radius 3 is 2.33 bits per heavy atom. The molecule has 0 bridgehead atoms. The molecule has 0 heterocycles. The van der Waals surface area contributed by atoms with Crippen LogP contribution in [0.4, 0.5) is 0 Å². The second-order valence-corrected chi connectivity index (χ2v) is 1.95. The Bertz CT molecular complexity index is 88.3. The summed E-state index contributed by atoms with van der Waals surface area (Å²) in [6, 6.07) is 0. The topological polar surface area (TPSA) is 60.7 Å². The molecule has 0 rings (SSSR count). The maximum absolute atomic E-state index is 8.84. The number of hydrogen-bond acceptors (Lipinski definition) is 3. The van der Waals surface area contributed by atoms with Crippen LogP contribution in [0.5, 0.6) is 0 Å². The third-order valence-corrected chi connectivity index (χ3v) is 0.983. The van der Waals surface area contributed by atoms with Crippen LogP contribution in [0.15, 0.2) is 12.7 Å². The summed E-state index contributed by atoms with van der Waals surface area (Å²) in [7, 11) is 0. The molecule has 3 heteroatoms. The normalized spacial score (nSPS) is 11.4. The summed E-state index contributed by atoms with van der Waals surface area (Å²) in [5, 5.41) is 26.0. The van der Waals surface area contributed by atoms with Gasteiger partial charge in [-0.1, -0.05) is 6.08 Å². The van der Waals surface area contributed by atoms with E-state index in [1.54, 1.807) is 0 Å². The van der Waals surface area contributed by atoms with E-state index in [1.807, 2.05) is 0 Å². The highest BCUT2D eigenvalue weighted by molar-refractivity contribution is 4.76. The highest BCUT2D eigenvalue weighted by atomic mass is 16.5. The molecule has 3 nitrogen and oxygen atoms in total. The minimum absolute atomic E-state index is 0.0288. The smallest absolute Gasteiger partial charge is 0.168 e. The molecule has 0 aliphatic rings. The first-order valence-corrected chi connectivity index (χ1v) is 2.79. The van der Waals surface area contributed by atoms with Crippen LogP contribution in [0.25, 0.3) is 0 Å². The molecule has 0 atom stereocenters. The lowest BCUT2D eigenvalue weighted by Crippen LogP contribution is -2.28. The Morgan fingerprint density at radius 1 is 1.44 bits per heavy atom. The van der Waals surface area contributed by atoms with Crippen molar-refractivity contribution in [2.45, 2.75) is 18.6 Å². The predicted octanol–water partition coefficient (Wildman–Crippen LogP) is -0.374. The zero-order chi connectivity index (χ0) is 7.33. The van der Waals surface area contributed by atoms with E-state index in [4.69, 9.17) is 15.3 Å². The molecule has 0 aromatic carbocycles. The summed E-state index contributed by atoms with van der Waals surface area (Å²) in [4.78, 5) is 0. The largest absolute Gasteiger partial charge is 0.396 e. The van der Waals surface area contributed by atoms with Crippen LogP contribution in [0.1, 0.15) is 12.8 Å². The van der Waals surface area contributed by atoms with Crippen LogP contribution in [0.2, 0.25) is 0 Å². The third-order valence-electron chi connectivity index (χ3n) is 0.983. The van der Waals surface area contributed by atoms with Crippen LogP contribution < -0.4 is 0 Å². The fraction of sp³-hybridized carbons (Fsp3) is 0.667. The summed E-state index contributed by atoms with van der Waals surface area (Å²) < 4.78 is 0. The van der Waals surface area contributed by atoms with E-state index in [9.17, 15) is 0 Å². The van der Waals surface area contributed by atoms with Crippen molar-refractivity contribution in [1.82, 2.24) is 0 Å². The molecule has 0 unspecified atom stereocenters. The van der Waals surface area contributed by atoms with Gasteiger partial charge in [0.05, 0.1) is 0 Å². The van der Waals surface area contributed by atoms with Crippen LogP contribution in [-0.4, -0.2) is 27.7 Å². The molecule has 9 heavy (non-hydrogen) atoms. The first-order chi connectivity index (χ1) is 4.12. The number of aliphatic hydroxyl groups is 3. The highest BCUT2D eigenvalue weighted by Crippen LogP contribution is 2.09. The molecule has 0 saturated carbocycles. The van der Waals surface area contributed by atoms with E-state index in [1.165, 1.54) is 6.08 Å². The van der Waals surface area contributed by atoms with Gasteiger partial charge in [-0.15, -0.1) is 6.58 Å². The number of aliphatic hydroxyl groups excluding tert-OH is 1. The van der Waals surface area contributed by atoms with E-state index in [2.05, 4.69) is 6.58 Å². The van der Waals surface area contributed by atoms with Crippen molar-refractivity contribution in [2.24, 2.45) is 0 Å². The highest BCUT2D eigenvalue weighted by Gasteiger charge is 2.18. The standard InChI is InChI=1S/C6H12O3/c1-2-3-6(8,9)4-5-7/h2,7-9H,1,3-5H2. The molecule has 0 aromatic heterocycles. The van der Waals surface area contributed by atoms with E-state index in [0.717, 1.165) is 0 Å². The Labute approximate surface area is 54.3 Å². The van der Waals surface area contributed by atoms with Gasteiger partial charge in [-0.25, -0.2) is 0 Å². The molecule has 3 N–H and O–H groups in total. The van der Waals surface area contributed by atoms with Crippen LogP contribution in [0.3, 0.4) is 0 Å². The third kappa shape index (κ3) is 4.14. The van der Waals surface area contributed by atoms with Crippen molar-refractivity contribution >= 4 is 0 Å². The van der Waals surface area contributed by atoms with E-state index < -0.39 is 5.79 Å². The minimum atomic E-state index is -1.77. The van der Waals surface area contributed by atoms with Gasteiger partial charge in [-0.2, -0.15) is 0 Å². The molecule has 0 fully saturated rings. The average Bonchev–Trinajstić information content (AvgIpc) is 1.64. The van der Waals surface area contributed by atoms with Gasteiger partial charge in [0.15, 0.2) is 5.79 Å².